The normalized spacial score (nSPS) is 10.9. The summed E-state index contributed by atoms with van der Waals surface area (Å²) in [6.07, 6.45) is 1.63. The summed E-state index contributed by atoms with van der Waals surface area (Å²) >= 11 is 5.89. The van der Waals surface area contributed by atoms with Crippen molar-refractivity contribution in [1.82, 2.24) is 9.99 Å². The molecule has 0 saturated heterocycles. The molecular formula is C19H16ClN3O. The van der Waals surface area contributed by atoms with Gasteiger partial charge in [-0.05, 0) is 49.4 Å². The SMILES string of the molecule is Cc1ccc(/C=N/NC(=O)c2cccc(Cl)c2)n1-c1ccccc1. The summed E-state index contributed by atoms with van der Waals surface area (Å²) in [7, 11) is 0. The largest absolute Gasteiger partial charge is 0.313 e. The van der Waals surface area contributed by atoms with E-state index in [1.54, 1.807) is 30.5 Å². The number of aryl methyl sites for hydroxylation is 1. The van der Waals surface area contributed by atoms with Crippen molar-refractivity contribution in [2.24, 2.45) is 5.10 Å². The van der Waals surface area contributed by atoms with Crippen LogP contribution in [0.15, 0.2) is 71.8 Å². The highest BCUT2D eigenvalue weighted by atomic mass is 35.5. The second kappa shape index (κ2) is 7.15. The third kappa shape index (κ3) is 3.55. The van der Waals surface area contributed by atoms with Gasteiger partial charge in [0.25, 0.3) is 5.91 Å². The van der Waals surface area contributed by atoms with Crippen LogP contribution in [-0.4, -0.2) is 16.7 Å². The maximum atomic E-state index is 12.1. The van der Waals surface area contributed by atoms with Crippen LogP contribution in [0.5, 0.6) is 0 Å². The highest BCUT2D eigenvalue weighted by Gasteiger charge is 2.06. The Kier molecular flexibility index (Phi) is 4.77. The lowest BCUT2D eigenvalue weighted by Crippen LogP contribution is -2.17. The summed E-state index contributed by atoms with van der Waals surface area (Å²) in [5, 5.41) is 4.57. The second-order valence-corrected chi connectivity index (χ2v) is 5.72. The van der Waals surface area contributed by atoms with Crippen molar-refractivity contribution in [3.8, 4) is 5.69 Å². The molecule has 0 aliphatic rings. The summed E-state index contributed by atoms with van der Waals surface area (Å²) in [6, 6.07) is 20.7. The van der Waals surface area contributed by atoms with Gasteiger partial charge in [-0.3, -0.25) is 4.79 Å². The summed E-state index contributed by atoms with van der Waals surface area (Å²) in [4.78, 5) is 12.1. The van der Waals surface area contributed by atoms with E-state index in [1.165, 1.54) is 0 Å². The smallest absolute Gasteiger partial charge is 0.271 e. The lowest BCUT2D eigenvalue weighted by molar-refractivity contribution is 0.0955. The third-order valence-electron chi connectivity index (χ3n) is 3.57. The molecule has 0 radical (unpaired) electrons. The number of hydrogen-bond acceptors (Lipinski definition) is 2. The van der Waals surface area contributed by atoms with Crippen LogP contribution in [0.2, 0.25) is 5.02 Å². The monoisotopic (exact) mass is 337 g/mol. The summed E-state index contributed by atoms with van der Waals surface area (Å²) < 4.78 is 2.06. The molecule has 0 spiro atoms. The number of carbonyl (C=O) groups excluding carboxylic acids is 1. The van der Waals surface area contributed by atoms with Crippen molar-refractivity contribution in [1.29, 1.82) is 0 Å². The fraction of sp³-hybridized carbons (Fsp3) is 0.0526. The number of benzene rings is 2. The van der Waals surface area contributed by atoms with Gasteiger partial charge in [-0.1, -0.05) is 35.9 Å². The summed E-state index contributed by atoms with van der Waals surface area (Å²) in [6.45, 7) is 2.02. The van der Waals surface area contributed by atoms with Crippen LogP contribution in [0, 0.1) is 6.92 Å². The number of halogens is 1. The number of nitrogens with zero attached hydrogens (tertiary/aromatic N) is 2. The number of carbonyl (C=O) groups is 1. The highest BCUT2D eigenvalue weighted by molar-refractivity contribution is 6.30. The number of nitrogens with one attached hydrogen (secondary N) is 1. The van der Waals surface area contributed by atoms with Gasteiger partial charge in [0.15, 0.2) is 0 Å². The first-order valence-corrected chi connectivity index (χ1v) is 7.86. The minimum Gasteiger partial charge on any atom is -0.313 e. The van der Waals surface area contributed by atoms with Crippen LogP contribution in [0.3, 0.4) is 0 Å². The fourth-order valence-electron chi connectivity index (χ4n) is 2.44. The zero-order valence-corrected chi connectivity index (χ0v) is 13.9. The quantitative estimate of drug-likeness (QED) is 0.562. The van der Waals surface area contributed by atoms with Crippen LogP contribution >= 0.6 is 11.6 Å². The average Bonchev–Trinajstić information content (AvgIpc) is 2.96. The second-order valence-electron chi connectivity index (χ2n) is 5.28. The van der Waals surface area contributed by atoms with Gasteiger partial charge < -0.3 is 4.57 Å². The fourth-order valence-corrected chi connectivity index (χ4v) is 2.63. The minimum atomic E-state index is -0.303. The zero-order valence-electron chi connectivity index (χ0n) is 13.1. The van der Waals surface area contributed by atoms with E-state index in [-0.39, 0.29) is 5.91 Å². The van der Waals surface area contributed by atoms with Crippen LogP contribution in [0.25, 0.3) is 5.69 Å². The van der Waals surface area contributed by atoms with Gasteiger partial charge in [0, 0.05) is 22.0 Å². The molecule has 4 nitrogen and oxygen atoms in total. The van der Waals surface area contributed by atoms with Crippen LogP contribution < -0.4 is 5.43 Å². The molecule has 3 rings (SSSR count). The number of hydrazone groups is 1. The molecule has 0 saturated carbocycles. The lowest BCUT2D eigenvalue weighted by atomic mass is 10.2. The molecule has 3 aromatic rings. The van der Waals surface area contributed by atoms with Gasteiger partial charge in [-0.15, -0.1) is 0 Å². The first-order chi connectivity index (χ1) is 11.6. The van der Waals surface area contributed by atoms with Gasteiger partial charge in [0.1, 0.15) is 0 Å². The molecule has 24 heavy (non-hydrogen) atoms. The molecule has 0 aliphatic carbocycles. The average molecular weight is 338 g/mol. The molecule has 0 atom stereocenters. The molecule has 1 aromatic heterocycles. The molecule has 5 heteroatoms. The Labute approximate surface area is 145 Å². The number of rotatable bonds is 4. The molecule has 0 aliphatic heterocycles. The molecule has 0 bridgehead atoms. The van der Waals surface area contributed by atoms with E-state index >= 15 is 0 Å². The van der Waals surface area contributed by atoms with Gasteiger partial charge in [0.05, 0.1) is 11.9 Å². The standard InChI is InChI=1S/C19H16ClN3O/c1-14-10-11-18(23(14)17-8-3-2-4-9-17)13-21-22-19(24)15-6-5-7-16(20)12-15/h2-13H,1H3,(H,22,24)/b21-13+. The number of hydrogen-bond donors (Lipinski definition) is 1. The summed E-state index contributed by atoms with van der Waals surface area (Å²) in [5.74, 6) is -0.303. The van der Waals surface area contributed by atoms with Crippen LogP contribution in [0.4, 0.5) is 0 Å². The predicted molar refractivity (Wildman–Crippen MR) is 97.0 cm³/mol. The zero-order chi connectivity index (χ0) is 16.9. The number of amides is 1. The number of para-hydroxylation sites is 1. The van der Waals surface area contributed by atoms with E-state index in [2.05, 4.69) is 15.1 Å². The van der Waals surface area contributed by atoms with Gasteiger partial charge >= 0.3 is 0 Å². The van der Waals surface area contributed by atoms with E-state index in [0.29, 0.717) is 10.6 Å². The Balaban J connectivity index is 1.77. The molecule has 0 fully saturated rings. The van der Waals surface area contributed by atoms with Gasteiger partial charge in [0.2, 0.25) is 0 Å². The molecule has 1 amide bonds. The van der Waals surface area contributed by atoms with Crippen LogP contribution in [0.1, 0.15) is 21.7 Å². The van der Waals surface area contributed by atoms with E-state index in [9.17, 15) is 4.79 Å². The first kappa shape index (κ1) is 16.0. The Morgan fingerprint density at radius 3 is 2.62 bits per heavy atom. The molecule has 2 aromatic carbocycles. The van der Waals surface area contributed by atoms with E-state index < -0.39 is 0 Å². The van der Waals surface area contributed by atoms with Crippen LogP contribution in [-0.2, 0) is 0 Å². The van der Waals surface area contributed by atoms with Crippen molar-refractivity contribution in [2.75, 3.05) is 0 Å². The molecule has 120 valence electrons. The molecule has 1 heterocycles. The van der Waals surface area contributed by atoms with Gasteiger partial charge in [-0.25, -0.2) is 5.43 Å². The predicted octanol–water partition coefficient (Wildman–Crippen LogP) is 4.20. The molecule has 1 N–H and O–H groups in total. The Morgan fingerprint density at radius 2 is 1.88 bits per heavy atom. The molecular weight excluding hydrogens is 322 g/mol. The summed E-state index contributed by atoms with van der Waals surface area (Å²) in [5.41, 5.74) is 6.00. The van der Waals surface area contributed by atoms with Crippen molar-refractivity contribution in [3.63, 3.8) is 0 Å². The Morgan fingerprint density at radius 1 is 1.08 bits per heavy atom. The van der Waals surface area contributed by atoms with E-state index in [1.807, 2.05) is 49.4 Å². The van der Waals surface area contributed by atoms with Crippen molar-refractivity contribution >= 4 is 23.7 Å². The highest BCUT2D eigenvalue weighted by Crippen LogP contribution is 2.15. The molecule has 0 unspecified atom stereocenters. The minimum absolute atomic E-state index is 0.303. The van der Waals surface area contributed by atoms with Crippen molar-refractivity contribution in [3.05, 3.63) is 88.7 Å². The number of aromatic nitrogens is 1. The van der Waals surface area contributed by atoms with E-state index in [4.69, 9.17) is 11.6 Å². The van der Waals surface area contributed by atoms with Crippen molar-refractivity contribution in [2.45, 2.75) is 6.92 Å². The Bertz CT molecular complexity index is 885. The lowest BCUT2D eigenvalue weighted by Gasteiger charge is -2.08. The third-order valence-corrected chi connectivity index (χ3v) is 3.81. The Hall–Kier alpha value is -2.85. The maximum Gasteiger partial charge on any atom is 0.271 e. The van der Waals surface area contributed by atoms with Crippen molar-refractivity contribution < 1.29 is 4.79 Å². The topological polar surface area (TPSA) is 46.4 Å². The van der Waals surface area contributed by atoms with E-state index in [0.717, 1.165) is 17.1 Å². The maximum absolute atomic E-state index is 12.1. The first-order valence-electron chi connectivity index (χ1n) is 7.48. The van der Waals surface area contributed by atoms with Gasteiger partial charge in [-0.2, -0.15) is 5.10 Å².